The number of rotatable bonds is 6. The molecule has 1 aromatic carbocycles. The topological polar surface area (TPSA) is 86.0 Å². The van der Waals surface area contributed by atoms with Gasteiger partial charge in [-0.1, -0.05) is 25.1 Å². The molecule has 3 aromatic rings. The highest BCUT2D eigenvalue weighted by molar-refractivity contribution is 5.87. The number of imidazole rings is 1. The number of ether oxygens (including phenoxy) is 1. The number of hydrogen-bond acceptors (Lipinski definition) is 5. The fraction of sp³-hybridized carbons (Fsp3) is 0.500. The molecule has 4 heterocycles. The van der Waals surface area contributed by atoms with Crippen molar-refractivity contribution in [1.82, 2.24) is 25.2 Å². The Morgan fingerprint density at radius 2 is 2.19 bits per heavy atom. The molecule has 0 unspecified atom stereocenters. The van der Waals surface area contributed by atoms with Gasteiger partial charge in [-0.15, -0.1) is 0 Å². The maximum atomic E-state index is 12.8. The third kappa shape index (κ3) is 3.66. The van der Waals surface area contributed by atoms with E-state index in [9.17, 15) is 4.79 Å². The summed E-state index contributed by atoms with van der Waals surface area (Å²) in [5.74, 6) is -0.120. The number of carbonyl (C=O) groups excluding carboxylic acids is 1. The number of aromatic nitrogens is 3. The van der Waals surface area contributed by atoms with Gasteiger partial charge in [0.15, 0.2) is 0 Å². The molecular formula is C24H31N5O2. The van der Waals surface area contributed by atoms with Gasteiger partial charge >= 0.3 is 5.97 Å². The smallest absolute Gasteiger partial charge is 0.323 e. The molecule has 0 saturated carbocycles. The lowest BCUT2D eigenvalue weighted by atomic mass is 9.80. The van der Waals surface area contributed by atoms with Gasteiger partial charge < -0.3 is 20.0 Å². The summed E-state index contributed by atoms with van der Waals surface area (Å²) in [6, 6.07) is 9.14. The largest absolute Gasteiger partial charge is 0.468 e. The second-order valence-corrected chi connectivity index (χ2v) is 8.78. The number of fused-ring (bicyclic) bond motifs is 5. The first kappa shape index (κ1) is 20.3. The maximum absolute atomic E-state index is 12.8. The maximum Gasteiger partial charge on any atom is 0.323 e. The first-order valence-electron chi connectivity index (χ1n) is 11.3. The Kier molecular flexibility index (Phi) is 5.54. The van der Waals surface area contributed by atoms with E-state index in [4.69, 9.17) is 4.74 Å². The number of methoxy groups -OCH3 is 1. The van der Waals surface area contributed by atoms with E-state index in [0.29, 0.717) is 18.5 Å². The number of nitrogens with zero attached hydrogens (tertiary/aromatic N) is 2. The lowest BCUT2D eigenvalue weighted by Gasteiger charge is -2.50. The van der Waals surface area contributed by atoms with Crippen molar-refractivity contribution in [2.45, 2.75) is 63.2 Å². The van der Waals surface area contributed by atoms with Crippen LogP contribution in [0.4, 0.5) is 0 Å². The summed E-state index contributed by atoms with van der Waals surface area (Å²) in [5.41, 5.74) is 4.86. The van der Waals surface area contributed by atoms with E-state index in [1.54, 1.807) is 6.33 Å². The molecule has 0 spiro atoms. The number of H-pyrrole nitrogens is 2. The van der Waals surface area contributed by atoms with Crippen LogP contribution in [0.5, 0.6) is 0 Å². The SMILES string of the molecule is CC[C@@H]1C[C@@H](NCCc2cnc[nH]2)C[C@@H]2c3[nH]c4ccccc4c3C[C@@H](C(=O)OC)N12. The second kappa shape index (κ2) is 8.48. The predicted molar refractivity (Wildman–Crippen MR) is 120 cm³/mol. The van der Waals surface area contributed by atoms with E-state index in [-0.39, 0.29) is 18.1 Å². The molecule has 0 amide bonds. The van der Waals surface area contributed by atoms with Crippen LogP contribution in [-0.4, -0.2) is 57.6 Å². The number of para-hydroxylation sites is 1. The molecule has 0 bridgehead atoms. The summed E-state index contributed by atoms with van der Waals surface area (Å²) >= 11 is 0. The number of piperidine rings is 1. The zero-order valence-electron chi connectivity index (χ0n) is 18.2. The number of nitrogens with one attached hydrogen (secondary N) is 3. The first-order valence-corrected chi connectivity index (χ1v) is 11.3. The molecule has 0 aliphatic carbocycles. The molecule has 2 aliphatic rings. The third-order valence-corrected chi connectivity index (χ3v) is 7.11. The van der Waals surface area contributed by atoms with Crippen molar-refractivity contribution in [3.05, 3.63) is 53.7 Å². The molecule has 1 saturated heterocycles. The molecule has 31 heavy (non-hydrogen) atoms. The number of esters is 1. The van der Waals surface area contributed by atoms with Gasteiger partial charge in [0.2, 0.25) is 0 Å². The van der Waals surface area contributed by atoms with Crippen LogP contribution in [0.1, 0.15) is 49.2 Å². The van der Waals surface area contributed by atoms with Gasteiger partial charge in [0.25, 0.3) is 0 Å². The zero-order chi connectivity index (χ0) is 21.4. The number of hydrogen-bond donors (Lipinski definition) is 3. The Bertz CT molecular complexity index is 1040. The Balaban J connectivity index is 1.45. The Labute approximate surface area is 182 Å². The highest BCUT2D eigenvalue weighted by Crippen LogP contribution is 2.44. The monoisotopic (exact) mass is 421 g/mol. The van der Waals surface area contributed by atoms with Gasteiger partial charge in [-0.05, 0) is 30.9 Å². The van der Waals surface area contributed by atoms with E-state index in [0.717, 1.165) is 43.4 Å². The van der Waals surface area contributed by atoms with Crippen molar-refractivity contribution in [2.75, 3.05) is 13.7 Å². The molecule has 1 fully saturated rings. The highest BCUT2D eigenvalue weighted by atomic mass is 16.5. The van der Waals surface area contributed by atoms with Crippen molar-refractivity contribution in [2.24, 2.45) is 0 Å². The second-order valence-electron chi connectivity index (χ2n) is 8.78. The van der Waals surface area contributed by atoms with Crippen molar-refractivity contribution < 1.29 is 9.53 Å². The van der Waals surface area contributed by atoms with Crippen LogP contribution in [0.15, 0.2) is 36.8 Å². The number of aromatic amines is 2. The van der Waals surface area contributed by atoms with Gasteiger partial charge in [0.05, 0.1) is 19.5 Å². The minimum atomic E-state index is -0.224. The van der Waals surface area contributed by atoms with Crippen LogP contribution in [0, 0.1) is 0 Å². The number of carbonyl (C=O) groups is 1. The first-order chi connectivity index (χ1) is 15.2. The molecule has 7 heteroatoms. The van der Waals surface area contributed by atoms with E-state index in [1.165, 1.54) is 23.8 Å². The van der Waals surface area contributed by atoms with Crippen molar-refractivity contribution in [3.63, 3.8) is 0 Å². The Morgan fingerprint density at radius 3 is 2.97 bits per heavy atom. The average Bonchev–Trinajstić information content (AvgIpc) is 3.45. The fourth-order valence-corrected chi connectivity index (χ4v) is 5.67. The molecule has 4 atom stereocenters. The average molecular weight is 422 g/mol. The van der Waals surface area contributed by atoms with Crippen LogP contribution in [0.2, 0.25) is 0 Å². The van der Waals surface area contributed by atoms with E-state index < -0.39 is 0 Å². The summed E-state index contributed by atoms with van der Waals surface area (Å²) in [5, 5.41) is 5.01. The molecule has 164 valence electrons. The van der Waals surface area contributed by atoms with Gasteiger partial charge in [-0.25, -0.2) is 4.98 Å². The van der Waals surface area contributed by atoms with Gasteiger partial charge in [0, 0.05) is 60.0 Å². The van der Waals surface area contributed by atoms with Crippen LogP contribution < -0.4 is 5.32 Å². The van der Waals surface area contributed by atoms with Crippen molar-refractivity contribution in [3.8, 4) is 0 Å². The van der Waals surface area contributed by atoms with Gasteiger partial charge in [-0.3, -0.25) is 9.69 Å². The fourth-order valence-electron chi connectivity index (χ4n) is 5.67. The molecule has 2 aliphatic heterocycles. The molecule has 7 nitrogen and oxygen atoms in total. The highest BCUT2D eigenvalue weighted by Gasteiger charge is 2.47. The van der Waals surface area contributed by atoms with Crippen molar-refractivity contribution >= 4 is 16.9 Å². The third-order valence-electron chi connectivity index (χ3n) is 7.11. The minimum Gasteiger partial charge on any atom is -0.468 e. The van der Waals surface area contributed by atoms with Crippen LogP contribution in [0.25, 0.3) is 10.9 Å². The summed E-state index contributed by atoms with van der Waals surface area (Å²) in [6.07, 6.45) is 8.29. The van der Waals surface area contributed by atoms with Crippen LogP contribution in [-0.2, 0) is 22.4 Å². The lowest BCUT2D eigenvalue weighted by molar-refractivity contribution is -0.151. The predicted octanol–water partition coefficient (Wildman–Crippen LogP) is 3.11. The van der Waals surface area contributed by atoms with Gasteiger partial charge in [-0.2, -0.15) is 0 Å². The molecule has 0 radical (unpaired) electrons. The van der Waals surface area contributed by atoms with Crippen LogP contribution >= 0.6 is 0 Å². The molecule has 5 rings (SSSR count). The summed E-state index contributed by atoms with van der Waals surface area (Å²) in [7, 11) is 1.51. The van der Waals surface area contributed by atoms with E-state index >= 15 is 0 Å². The molecular weight excluding hydrogens is 390 g/mol. The number of benzene rings is 1. The lowest BCUT2D eigenvalue weighted by Crippen LogP contribution is -2.58. The quantitative estimate of drug-likeness (QED) is 0.533. The molecule has 2 aromatic heterocycles. The Morgan fingerprint density at radius 1 is 1.32 bits per heavy atom. The van der Waals surface area contributed by atoms with Crippen LogP contribution in [0.3, 0.4) is 0 Å². The normalized spacial score (nSPS) is 25.9. The van der Waals surface area contributed by atoms with Crippen molar-refractivity contribution in [1.29, 1.82) is 0 Å². The van der Waals surface area contributed by atoms with E-state index in [2.05, 4.69) is 56.4 Å². The summed E-state index contributed by atoms with van der Waals surface area (Å²) < 4.78 is 5.25. The van der Waals surface area contributed by atoms with E-state index in [1.807, 2.05) is 6.20 Å². The summed E-state index contributed by atoms with van der Waals surface area (Å²) in [4.78, 5) is 26.3. The Hall–Kier alpha value is -2.64. The summed E-state index contributed by atoms with van der Waals surface area (Å²) in [6.45, 7) is 3.14. The van der Waals surface area contributed by atoms with Gasteiger partial charge in [0.1, 0.15) is 6.04 Å². The standard InChI is InChI=1S/C24H31N5O2/c1-3-17-10-16(26-9-8-15-13-25-14-27-15)11-21-23-19(12-22(29(17)21)24(30)31-2)18-6-4-5-7-20(18)28-23/h4-7,13-14,16-17,21-22,26,28H,3,8-12H2,1-2H3,(H,25,27)/t16-,17-,21-,22+/m1/s1. The minimum absolute atomic E-state index is 0.120. The molecule has 3 N–H and O–H groups in total. The zero-order valence-corrected chi connectivity index (χ0v) is 18.2.